The maximum absolute atomic E-state index is 12.3. The van der Waals surface area contributed by atoms with Crippen LogP contribution >= 0.6 is 0 Å². The Morgan fingerprint density at radius 3 is 2.50 bits per heavy atom. The summed E-state index contributed by atoms with van der Waals surface area (Å²) in [5.74, 6) is -1.32. The number of nitriles is 1. The number of hydrogen-bond acceptors (Lipinski definition) is 5. The van der Waals surface area contributed by atoms with Gasteiger partial charge in [0.15, 0.2) is 0 Å². The second-order valence-corrected chi connectivity index (χ2v) is 5.96. The van der Waals surface area contributed by atoms with Gasteiger partial charge >= 0.3 is 5.97 Å². The van der Waals surface area contributed by atoms with E-state index < -0.39 is 22.0 Å². The van der Waals surface area contributed by atoms with Gasteiger partial charge in [-0.2, -0.15) is 5.26 Å². The average Bonchev–Trinajstić information content (AvgIpc) is 2.64. The van der Waals surface area contributed by atoms with E-state index in [-0.39, 0.29) is 28.4 Å². The summed E-state index contributed by atoms with van der Waals surface area (Å²) in [7, 11) is -4.05. The molecule has 110 valence electrons. The first-order chi connectivity index (χ1) is 9.24. The van der Waals surface area contributed by atoms with Crippen LogP contribution in [-0.4, -0.2) is 25.5 Å². The van der Waals surface area contributed by atoms with Gasteiger partial charge in [-0.05, 0) is 20.3 Å². The van der Waals surface area contributed by atoms with Gasteiger partial charge in [-0.3, -0.25) is 0 Å². The minimum atomic E-state index is -4.05. The fourth-order valence-electron chi connectivity index (χ4n) is 1.89. The standard InChI is InChI=1S/C12H16N2O5S/c1-4-9(5-6-13)14-20(17,18)11-8(3)19-7(2)10(11)12(15)16/h9,14H,4-5H2,1-3H3,(H,15,16). The van der Waals surface area contributed by atoms with Crippen LogP contribution in [0.2, 0.25) is 0 Å². The normalized spacial score (nSPS) is 12.9. The molecular weight excluding hydrogens is 284 g/mol. The molecule has 0 aliphatic rings. The Morgan fingerprint density at radius 2 is 2.05 bits per heavy atom. The monoisotopic (exact) mass is 300 g/mol. The number of aromatic carboxylic acids is 1. The van der Waals surface area contributed by atoms with Crippen LogP contribution in [0.5, 0.6) is 0 Å². The largest absolute Gasteiger partial charge is 0.478 e. The maximum Gasteiger partial charge on any atom is 0.340 e. The van der Waals surface area contributed by atoms with E-state index in [1.807, 2.05) is 6.07 Å². The molecule has 1 unspecified atom stereocenters. The number of furan rings is 1. The van der Waals surface area contributed by atoms with Gasteiger partial charge in [0.2, 0.25) is 10.0 Å². The van der Waals surface area contributed by atoms with Crippen LogP contribution in [0.3, 0.4) is 0 Å². The first-order valence-electron chi connectivity index (χ1n) is 5.97. The lowest BCUT2D eigenvalue weighted by molar-refractivity contribution is 0.0691. The second kappa shape index (κ2) is 6.07. The molecule has 1 aromatic rings. The summed E-state index contributed by atoms with van der Waals surface area (Å²) in [4.78, 5) is 10.8. The minimum Gasteiger partial charge on any atom is -0.478 e. The van der Waals surface area contributed by atoms with E-state index in [0.717, 1.165) is 0 Å². The number of nitrogens with zero attached hydrogens (tertiary/aromatic N) is 1. The van der Waals surface area contributed by atoms with Crippen LogP contribution in [0, 0.1) is 25.2 Å². The summed E-state index contributed by atoms with van der Waals surface area (Å²) in [6.07, 6.45) is 0.430. The summed E-state index contributed by atoms with van der Waals surface area (Å²) in [5, 5.41) is 17.8. The van der Waals surface area contributed by atoms with Crippen molar-refractivity contribution in [3.05, 3.63) is 17.1 Å². The first kappa shape index (κ1) is 16.2. The van der Waals surface area contributed by atoms with Crippen molar-refractivity contribution in [2.75, 3.05) is 0 Å². The highest BCUT2D eigenvalue weighted by molar-refractivity contribution is 7.89. The zero-order valence-electron chi connectivity index (χ0n) is 11.4. The van der Waals surface area contributed by atoms with Crippen molar-refractivity contribution in [2.45, 2.75) is 44.6 Å². The molecule has 2 N–H and O–H groups in total. The van der Waals surface area contributed by atoms with E-state index in [9.17, 15) is 13.2 Å². The van der Waals surface area contributed by atoms with Crippen LogP contribution in [-0.2, 0) is 10.0 Å². The lowest BCUT2D eigenvalue weighted by Crippen LogP contribution is -2.35. The number of carboxylic acids is 1. The molecule has 0 fully saturated rings. The fourth-order valence-corrected chi connectivity index (χ4v) is 3.62. The Kier molecular flexibility index (Phi) is 4.92. The van der Waals surface area contributed by atoms with E-state index in [1.54, 1.807) is 6.92 Å². The topological polar surface area (TPSA) is 120 Å². The highest BCUT2D eigenvalue weighted by Crippen LogP contribution is 2.26. The van der Waals surface area contributed by atoms with Crippen LogP contribution < -0.4 is 4.72 Å². The highest BCUT2D eigenvalue weighted by atomic mass is 32.2. The van der Waals surface area contributed by atoms with Crippen molar-refractivity contribution in [3.8, 4) is 6.07 Å². The van der Waals surface area contributed by atoms with Crippen LogP contribution in [0.15, 0.2) is 9.31 Å². The Hall–Kier alpha value is -1.85. The molecule has 0 aliphatic carbocycles. The molecule has 1 atom stereocenters. The molecular formula is C12H16N2O5S. The van der Waals surface area contributed by atoms with Gasteiger partial charge in [0.05, 0.1) is 12.5 Å². The molecule has 1 heterocycles. The lowest BCUT2D eigenvalue weighted by atomic mass is 10.2. The smallest absolute Gasteiger partial charge is 0.340 e. The third-order valence-corrected chi connectivity index (χ3v) is 4.51. The van der Waals surface area contributed by atoms with Gasteiger partial charge in [-0.1, -0.05) is 6.92 Å². The van der Waals surface area contributed by atoms with Gasteiger partial charge < -0.3 is 9.52 Å². The quantitative estimate of drug-likeness (QED) is 0.822. The van der Waals surface area contributed by atoms with Crippen molar-refractivity contribution >= 4 is 16.0 Å². The number of sulfonamides is 1. The molecule has 0 radical (unpaired) electrons. The summed E-state index contributed by atoms with van der Waals surface area (Å²) < 4.78 is 32.0. The Morgan fingerprint density at radius 1 is 1.45 bits per heavy atom. The highest BCUT2D eigenvalue weighted by Gasteiger charge is 2.31. The molecule has 0 amide bonds. The maximum atomic E-state index is 12.3. The molecule has 0 saturated carbocycles. The van der Waals surface area contributed by atoms with E-state index in [2.05, 4.69) is 4.72 Å². The summed E-state index contributed by atoms with van der Waals surface area (Å²) in [6.45, 7) is 4.51. The Balaban J connectivity index is 3.30. The van der Waals surface area contributed by atoms with Crippen molar-refractivity contribution in [1.82, 2.24) is 4.72 Å². The van der Waals surface area contributed by atoms with Crippen molar-refractivity contribution in [3.63, 3.8) is 0 Å². The van der Waals surface area contributed by atoms with E-state index in [0.29, 0.717) is 6.42 Å². The number of rotatable bonds is 6. The lowest BCUT2D eigenvalue weighted by Gasteiger charge is -2.14. The third kappa shape index (κ3) is 3.18. The number of carboxylic acid groups (broad SMARTS) is 1. The summed E-state index contributed by atoms with van der Waals surface area (Å²) >= 11 is 0. The number of hydrogen-bond donors (Lipinski definition) is 2. The molecule has 0 saturated heterocycles. The van der Waals surface area contributed by atoms with E-state index in [1.165, 1.54) is 13.8 Å². The van der Waals surface area contributed by atoms with Gasteiger partial charge in [0, 0.05) is 6.04 Å². The van der Waals surface area contributed by atoms with Crippen LogP contribution in [0.1, 0.15) is 41.6 Å². The third-order valence-electron chi connectivity index (χ3n) is 2.84. The zero-order chi connectivity index (χ0) is 15.5. The van der Waals surface area contributed by atoms with E-state index >= 15 is 0 Å². The summed E-state index contributed by atoms with van der Waals surface area (Å²) in [6, 6.07) is 1.31. The van der Waals surface area contributed by atoms with Gasteiger partial charge in [0.25, 0.3) is 0 Å². The van der Waals surface area contributed by atoms with Crippen molar-refractivity contribution in [1.29, 1.82) is 5.26 Å². The first-order valence-corrected chi connectivity index (χ1v) is 7.45. The van der Waals surface area contributed by atoms with Crippen LogP contribution in [0.4, 0.5) is 0 Å². The number of aryl methyl sites for hydroxylation is 2. The SMILES string of the molecule is CCC(CC#N)NS(=O)(=O)c1c(C)oc(C)c1C(=O)O. The minimum absolute atomic E-state index is 0.00795. The predicted molar refractivity (Wildman–Crippen MR) is 69.8 cm³/mol. The zero-order valence-corrected chi connectivity index (χ0v) is 12.2. The molecule has 8 heteroatoms. The number of nitrogens with one attached hydrogen (secondary N) is 1. The molecule has 0 aliphatic heterocycles. The molecule has 20 heavy (non-hydrogen) atoms. The number of carbonyl (C=O) groups is 1. The van der Waals surface area contributed by atoms with Gasteiger partial charge in [0.1, 0.15) is 22.0 Å². The van der Waals surface area contributed by atoms with E-state index in [4.69, 9.17) is 14.8 Å². The van der Waals surface area contributed by atoms with Crippen LogP contribution in [0.25, 0.3) is 0 Å². The Bertz CT molecular complexity index is 654. The molecule has 0 bridgehead atoms. The second-order valence-electron chi connectivity index (χ2n) is 4.31. The summed E-state index contributed by atoms with van der Waals surface area (Å²) in [5.41, 5.74) is -0.373. The van der Waals surface area contributed by atoms with Gasteiger partial charge in [-0.15, -0.1) is 0 Å². The molecule has 0 spiro atoms. The fraction of sp³-hybridized carbons (Fsp3) is 0.500. The van der Waals surface area contributed by atoms with Crippen molar-refractivity contribution in [2.24, 2.45) is 0 Å². The molecule has 7 nitrogen and oxygen atoms in total. The molecule has 1 aromatic heterocycles. The Labute approximate surface area is 117 Å². The van der Waals surface area contributed by atoms with Crippen molar-refractivity contribution < 1.29 is 22.7 Å². The average molecular weight is 300 g/mol. The van der Waals surface area contributed by atoms with Gasteiger partial charge in [-0.25, -0.2) is 17.9 Å². The molecule has 0 aromatic carbocycles. The molecule has 1 rings (SSSR count). The predicted octanol–water partition coefficient (Wildman–Crippen LogP) is 1.57.